The number of rotatable bonds is 8. The minimum Gasteiger partial charge on any atom is -0.465 e. The van der Waals surface area contributed by atoms with Gasteiger partial charge in [-0.25, -0.2) is 4.79 Å². The molecule has 23 heavy (non-hydrogen) atoms. The molecule has 0 aliphatic rings. The third-order valence-corrected chi connectivity index (χ3v) is 4.33. The molecule has 124 valence electrons. The highest BCUT2D eigenvalue weighted by molar-refractivity contribution is 5.91. The fraction of sp³-hybridized carbons (Fsp3) is 0.450. The molecule has 0 aliphatic carbocycles. The minimum atomic E-state index is -0.246. The van der Waals surface area contributed by atoms with Gasteiger partial charge in [-0.05, 0) is 31.4 Å². The molecule has 1 heterocycles. The fourth-order valence-electron chi connectivity index (χ4n) is 2.95. The quantitative estimate of drug-likeness (QED) is 0.520. The molecule has 2 aromatic rings. The lowest BCUT2D eigenvalue weighted by Crippen LogP contribution is -2.08. The number of nitrogens with zero attached hydrogens (tertiary/aromatic N) is 1. The fourth-order valence-corrected chi connectivity index (χ4v) is 2.95. The standard InChI is InChI=1S/C20H27NO2/c1-4-5-6-10-13-18-14-19(20(22)23-3)16(2)21(18)15-17-11-8-7-9-12-17/h7-9,11-12,14H,4-6,10,13,15H2,1-3H3. The van der Waals surface area contributed by atoms with Crippen LogP contribution in [0.4, 0.5) is 0 Å². The summed E-state index contributed by atoms with van der Waals surface area (Å²) in [4.78, 5) is 12.0. The van der Waals surface area contributed by atoms with Crippen molar-refractivity contribution >= 4 is 5.97 Å². The third-order valence-electron chi connectivity index (χ3n) is 4.33. The topological polar surface area (TPSA) is 31.2 Å². The number of hydrogen-bond donors (Lipinski definition) is 0. The van der Waals surface area contributed by atoms with E-state index in [0.717, 1.165) is 25.1 Å². The highest BCUT2D eigenvalue weighted by Gasteiger charge is 2.17. The maximum atomic E-state index is 12.0. The molecule has 3 heteroatoms. The summed E-state index contributed by atoms with van der Waals surface area (Å²) in [7, 11) is 1.44. The van der Waals surface area contributed by atoms with Crippen LogP contribution >= 0.6 is 0 Å². The lowest BCUT2D eigenvalue weighted by Gasteiger charge is -2.12. The van der Waals surface area contributed by atoms with Gasteiger partial charge in [-0.3, -0.25) is 0 Å². The summed E-state index contributed by atoms with van der Waals surface area (Å²) in [6.45, 7) is 5.02. The molecule has 0 bridgehead atoms. The largest absolute Gasteiger partial charge is 0.465 e. The monoisotopic (exact) mass is 313 g/mol. The van der Waals surface area contributed by atoms with E-state index in [4.69, 9.17) is 4.74 Å². The number of aryl methyl sites for hydroxylation is 1. The molecule has 0 unspecified atom stereocenters. The number of carbonyl (C=O) groups is 1. The van der Waals surface area contributed by atoms with E-state index >= 15 is 0 Å². The zero-order valence-electron chi connectivity index (χ0n) is 14.5. The molecular formula is C20H27NO2. The number of esters is 1. The predicted octanol–water partition coefficient (Wildman–Crippen LogP) is 4.75. The van der Waals surface area contributed by atoms with Crippen molar-refractivity contribution in [1.82, 2.24) is 4.57 Å². The first kappa shape index (κ1) is 17.3. The Hall–Kier alpha value is -2.03. The van der Waals surface area contributed by atoms with Gasteiger partial charge >= 0.3 is 5.97 Å². The lowest BCUT2D eigenvalue weighted by atomic mass is 10.1. The van der Waals surface area contributed by atoms with Crippen LogP contribution in [0.3, 0.4) is 0 Å². The highest BCUT2D eigenvalue weighted by Crippen LogP contribution is 2.21. The molecule has 0 saturated carbocycles. The Morgan fingerprint density at radius 2 is 1.87 bits per heavy atom. The summed E-state index contributed by atoms with van der Waals surface area (Å²) < 4.78 is 7.18. The SMILES string of the molecule is CCCCCCc1cc(C(=O)OC)c(C)n1Cc1ccccc1. The molecule has 0 fully saturated rings. The van der Waals surface area contributed by atoms with Crippen molar-refractivity contribution in [2.75, 3.05) is 7.11 Å². The van der Waals surface area contributed by atoms with Crippen molar-refractivity contribution in [3.63, 3.8) is 0 Å². The first-order valence-corrected chi connectivity index (χ1v) is 8.48. The molecule has 0 amide bonds. The van der Waals surface area contributed by atoms with Gasteiger partial charge in [0.05, 0.1) is 12.7 Å². The molecule has 0 atom stereocenters. The maximum Gasteiger partial charge on any atom is 0.339 e. The second-order valence-corrected chi connectivity index (χ2v) is 6.01. The van der Waals surface area contributed by atoms with Gasteiger partial charge < -0.3 is 9.30 Å². The van der Waals surface area contributed by atoms with Gasteiger partial charge in [-0.15, -0.1) is 0 Å². The number of unbranched alkanes of at least 4 members (excludes halogenated alkanes) is 3. The van der Waals surface area contributed by atoms with Crippen LogP contribution < -0.4 is 0 Å². The molecule has 1 aromatic carbocycles. The highest BCUT2D eigenvalue weighted by atomic mass is 16.5. The molecule has 0 N–H and O–H groups in total. The van der Waals surface area contributed by atoms with Gasteiger partial charge in [-0.1, -0.05) is 56.5 Å². The summed E-state index contributed by atoms with van der Waals surface area (Å²) in [6.07, 6.45) is 5.90. The Morgan fingerprint density at radius 3 is 2.52 bits per heavy atom. The maximum absolute atomic E-state index is 12.0. The zero-order valence-corrected chi connectivity index (χ0v) is 14.5. The van der Waals surface area contributed by atoms with Gasteiger partial charge in [0, 0.05) is 17.9 Å². The van der Waals surface area contributed by atoms with Crippen LogP contribution in [0.15, 0.2) is 36.4 Å². The van der Waals surface area contributed by atoms with Crippen LogP contribution in [-0.2, 0) is 17.7 Å². The summed E-state index contributed by atoms with van der Waals surface area (Å²) >= 11 is 0. The Kier molecular flexibility index (Phi) is 6.45. The van der Waals surface area contributed by atoms with Crippen molar-refractivity contribution in [3.8, 4) is 0 Å². The van der Waals surface area contributed by atoms with Crippen LogP contribution in [0.2, 0.25) is 0 Å². The van der Waals surface area contributed by atoms with Crippen LogP contribution in [0, 0.1) is 6.92 Å². The number of carbonyl (C=O) groups excluding carboxylic acids is 1. The van der Waals surface area contributed by atoms with E-state index in [-0.39, 0.29) is 5.97 Å². The Labute approximate surface area is 139 Å². The molecule has 0 saturated heterocycles. The minimum absolute atomic E-state index is 0.246. The summed E-state index contributed by atoms with van der Waals surface area (Å²) in [5, 5.41) is 0. The normalized spacial score (nSPS) is 10.7. The summed E-state index contributed by atoms with van der Waals surface area (Å²) in [5.74, 6) is -0.246. The third kappa shape index (κ3) is 4.47. The average molecular weight is 313 g/mol. The van der Waals surface area contributed by atoms with Crippen LogP contribution in [0.1, 0.15) is 59.9 Å². The summed E-state index contributed by atoms with van der Waals surface area (Å²) in [5.41, 5.74) is 4.15. The van der Waals surface area contributed by atoms with Crippen molar-refractivity contribution in [3.05, 3.63) is 58.9 Å². The Morgan fingerprint density at radius 1 is 1.13 bits per heavy atom. The summed E-state index contributed by atoms with van der Waals surface area (Å²) in [6, 6.07) is 12.4. The van der Waals surface area contributed by atoms with Gasteiger partial charge in [0.2, 0.25) is 0 Å². The van der Waals surface area contributed by atoms with Crippen molar-refractivity contribution in [1.29, 1.82) is 0 Å². The molecule has 1 aromatic heterocycles. The van der Waals surface area contributed by atoms with Gasteiger partial charge in [0.15, 0.2) is 0 Å². The molecule has 3 nitrogen and oxygen atoms in total. The number of benzene rings is 1. The molecule has 2 rings (SSSR count). The smallest absolute Gasteiger partial charge is 0.339 e. The first-order valence-electron chi connectivity index (χ1n) is 8.48. The number of aromatic nitrogens is 1. The van der Waals surface area contributed by atoms with E-state index in [1.54, 1.807) is 0 Å². The number of ether oxygens (including phenoxy) is 1. The van der Waals surface area contributed by atoms with E-state index in [9.17, 15) is 4.79 Å². The Balaban J connectivity index is 2.25. The van der Waals surface area contributed by atoms with Crippen LogP contribution in [0.5, 0.6) is 0 Å². The predicted molar refractivity (Wildman–Crippen MR) is 93.9 cm³/mol. The molecule has 0 radical (unpaired) electrons. The number of methoxy groups -OCH3 is 1. The lowest BCUT2D eigenvalue weighted by molar-refractivity contribution is 0.0600. The van der Waals surface area contributed by atoms with Crippen molar-refractivity contribution in [2.45, 2.75) is 52.5 Å². The van der Waals surface area contributed by atoms with Gasteiger partial charge in [0.25, 0.3) is 0 Å². The van der Waals surface area contributed by atoms with Crippen LogP contribution in [0.25, 0.3) is 0 Å². The molecular weight excluding hydrogens is 286 g/mol. The second kappa shape index (κ2) is 8.56. The van der Waals surface area contributed by atoms with Gasteiger partial charge in [0.1, 0.15) is 0 Å². The van der Waals surface area contributed by atoms with E-state index in [1.165, 1.54) is 37.6 Å². The van der Waals surface area contributed by atoms with E-state index in [2.05, 4.69) is 35.8 Å². The van der Waals surface area contributed by atoms with Crippen LogP contribution in [-0.4, -0.2) is 17.6 Å². The van der Waals surface area contributed by atoms with E-state index < -0.39 is 0 Å². The molecule has 0 spiro atoms. The Bertz CT molecular complexity index is 629. The second-order valence-electron chi connectivity index (χ2n) is 6.01. The zero-order chi connectivity index (χ0) is 16.7. The van der Waals surface area contributed by atoms with E-state index in [1.807, 2.05) is 19.1 Å². The number of hydrogen-bond acceptors (Lipinski definition) is 2. The van der Waals surface area contributed by atoms with Crippen molar-refractivity contribution in [2.24, 2.45) is 0 Å². The first-order chi connectivity index (χ1) is 11.2. The van der Waals surface area contributed by atoms with Crippen molar-refractivity contribution < 1.29 is 9.53 Å². The van der Waals surface area contributed by atoms with Gasteiger partial charge in [-0.2, -0.15) is 0 Å². The van der Waals surface area contributed by atoms with E-state index in [0.29, 0.717) is 5.56 Å². The molecule has 0 aliphatic heterocycles. The average Bonchev–Trinajstić information content (AvgIpc) is 2.88.